The molecule has 5 nitrogen and oxygen atoms in total. The van der Waals surface area contributed by atoms with E-state index in [4.69, 9.17) is 5.84 Å². The third-order valence-corrected chi connectivity index (χ3v) is 3.47. The smallest absolute Gasteiger partial charge is 0.190 e. The summed E-state index contributed by atoms with van der Waals surface area (Å²) in [5.41, 5.74) is 5.60. The number of nitrogen functional groups attached to an aromatic ring is 1. The molecule has 0 atom stereocenters. The summed E-state index contributed by atoms with van der Waals surface area (Å²) in [5, 5.41) is 2.81. The fourth-order valence-corrected chi connectivity index (χ4v) is 2.42. The fraction of sp³-hybridized carbons (Fsp3) is 0.364. The average molecular weight is 249 g/mol. The van der Waals surface area contributed by atoms with Crippen molar-refractivity contribution in [3.05, 3.63) is 22.3 Å². The minimum Gasteiger partial charge on any atom is -0.308 e. The van der Waals surface area contributed by atoms with E-state index >= 15 is 0 Å². The van der Waals surface area contributed by atoms with Gasteiger partial charge in [0.05, 0.1) is 0 Å². The van der Waals surface area contributed by atoms with Crippen LogP contribution in [-0.4, -0.2) is 15.0 Å². The van der Waals surface area contributed by atoms with E-state index < -0.39 is 0 Å². The molecule has 0 aromatic carbocycles. The molecule has 2 aromatic heterocycles. The van der Waals surface area contributed by atoms with E-state index in [1.54, 1.807) is 0 Å². The predicted molar refractivity (Wildman–Crippen MR) is 69.8 cm³/mol. The van der Waals surface area contributed by atoms with Gasteiger partial charge in [-0.1, -0.05) is 6.92 Å². The van der Waals surface area contributed by atoms with Crippen molar-refractivity contribution in [3.63, 3.8) is 0 Å². The molecule has 6 heteroatoms. The van der Waals surface area contributed by atoms with Crippen LogP contribution in [0.1, 0.15) is 23.9 Å². The molecule has 3 N–H and O–H groups in total. The highest BCUT2D eigenvalue weighted by Gasteiger charge is 2.12. The lowest BCUT2D eigenvalue weighted by Crippen LogP contribution is -2.13. The van der Waals surface area contributed by atoms with Gasteiger partial charge in [-0.05, 0) is 20.3 Å². The lowest BCUT2D eigenvalue weighted by Gasteiger charge is -2.09. The Bertz CT molecular complexity index is 535. The second kappa shape index (κ2) is 4.77. The maximum absolute atomic E-state index is 5.49. The van der Waals surface area contributed by atoms with Crippen molar-refractivity contribution in [2.75, 3.05) is 5.43 Å². The van der Waals surface area contributed by atoms with E-state index in [1.165, 1.54) is 11.3 Å². The van der Waals surface area contributed by atoms with Crippen molar-refractivity contribution in [3.8, 4) is 10.8 Å². The SMILES string of the molecule is CCc1c(C)nc(-c2nc(C)cs2)nc1NN. The highest BCUT2D eigenvalue weighted by atomic mass is 32.1. The Labute approximate surface area is 104 Å². The summed E-state index contributed by atoms with van der Waals surface area (Å²) < 4.78 is 0. The van der Waals surface area contributed by atoms with Crippen molar-refractivity contribution >= 4 is 17.2 Å². The Morgan fingerprint density at radius 1 is 1.29 bits per heavy atom. The maximum Gasteiger partial charge on any atom is 0.190 e. The summed E-state index contributed by atoms with van der Waals surface area (Å²) in [6, 6.07) is 0. The molecule has 2 rings (SSSR count). The first kappa shape index (κ1) is 11.9. The number of nitrogens with zero attached hydrogens (tertiary/aromatic N) is 3. The number of anilines is 1. The first-order valence-electron chi connectivity index (χ1n) is 5.42. The lowest BCUT2D eigenvalue weighted by atomic mass is 10.1. The van der Waals surface area contributed by atoms with Crippen LogP contribution in [0, 0.1) is 13.8 Å². The Morgan fingerprint density at radius 3 is 2.59 bits per heavy atom. The number of aryl methyl sites for hydroxylation is 2. The highest BCUT2D eigenvalue weighted by Crippen LogP contribution is 2.24. The zero-order chi connectivity index (χ0) is 12.4. The van der Waals surface area contributed by atoms with Gasteiger partial charge in [-0.3, -0.25) is 0 Å². The van der Waals surface area contributed by atoms with Gasteiger partial charge in [-0.25, -0.2) is 20.8 Å². The van der Waals surface area contributed by atoms with E-state index in [-0.39, 0.29) is 0 Å². The molecule has 17 heavy (non-hydrogen) atoms. The number of hydrogen-bond donors (Lipinski definition) is 2. The Balaban J connectivity index is 2.53. The Morgan fingerprint density at radius 2 is 2.06 bits per heavy atom. The fourth-order valence-electron chi connectivity index (χ4n) is 1.69. The van der Waals surface area contributed by atoms with Crippen LogP contribution in [0.5, 0.6) is 0 Å². The molecule has 0 saturated carbocycles. The number of nitrogens with one attached hydrogen (secondary N) is 1. The van der Waals surface area contributed by atoms with Crippen LogP contribution in [-0.2, 0) is 6.42 Å². The van der Waals surface area contributed by atoms with Gasteiger partial charge in [0.2, 0.25) is 0 Å². The van der Waals surface area contributed by atoms with Crippen LogP contribution in [0.4, 0.5) is 5.82 Å². The number of rotatable bonds is 3. The van der Waals surface area contributed by atoms with Gasteiger partial charge in [0.25, 0.3) is 0 Å². The molecule has 2 heterocycles. The van der Waals surface area contributed by atoms with Gasteiger partial charge in [0.15, 0.2) is 10.8 Å². The zero-order valence-corrected chi connectivity index (χ0v) is 10.9. The van der Waals surface area contributed by atoms with Crippen molar-refractivity contribution in [1.82, 2.24) is 15.0 Å². The molecule has 0 unspecified atom stereocenters. The summed E-state index contributed by atoms with van der Waals surface area (Å²) in [6.07, 6.45) is 0.850. The van der Waals surface area contributed by atoms with E-state index in [0.29, 0.717) is 11.6 Å². The molecule has 0 spiro atoms. The van der Waals surface area contributed by atoms with E-state index in [2.05, 4.69) is 27.3 Å². The first-order valence-corrected chi connectivity index (χ1v) is 6.30. The standard InChI is InChI=1S/C11H15N5S/c1-4-8-7(3)14-10(15-9(8)16-12)11-13-6(2)5-17-11/h5H,4,12H2,1-3H3,(H,14,15,16). The number of hydrazine groups is 1. The number of thiazole rings is 1. The molecule has 0 aliphatic rings. The van der Waals surface area contributed by atoms with Crippen LogP contribution in [0.15, 0.2) is 5.38 Å². The quantitative estimate of drug-likeness (QED) is 0.643. The van der Waals surface area contributed by atoms with Gasteiger partial charge in [0.1, 0.15) is 5.82 Å². The first-order chi connectivity index (χ1) is 8.15. The normalized spacial score (nSPS) is 10.6. The largest absolute Gasteiger partial charge is 0.308 e. The van der Waals surface area contributed by atoms with Crippen LogP contribution >= 0.6 is 11.3 Å². The minimum absolute atomic E-state index is 0.630. The molecule has 0 fully saturated rings. The van der Waals surface area contributed by atoms with Gasteiger partial charge in [0, 0.05) is 22.3 Å². The molecular weight excluding hydrogens is 234 g/mol. The predicted octanol–water partition coefficient (Wildman–Crippen LogP) is 2.06. The monoisotopic (exact) mass is 249 g/mol. The second-order valence-electron chi connectivity index (χ2n) is 3.75. The van der Waals surface area contributed by atoms with Crippen LogP contribution in [0.25, 0.3) is 10.8 Å². The molecule has 0 radical (unpaired) electrons. The van der Waals surface area contributed by atoms with Gasteiger partial charge in [-0.2, -0.15) is 0 Å². The maximum atomic E-state index is 5.49. The molecule has 0 aliphatic carbocycles. The number of aromatic nitrogens is 3. The summed E-state index contributed by atoms with van der Waals surface area (Å²) in [5.74, 6) is 6.80. The van der Waals surface area contributed by atoms with E-state index in [0.717, 1.165) is 28.4 Å². The Kier molecular flexibility index (Phi) is 3.35. The summed E-state index contributed by atoms with van der Waals surface area (Å²) in [7, 11) is 0. The summed E-state index contributed by atoms with van der Waals surface area (Å²) >= 11 is 1.54. The van der Waals surface area contributed by atoms with Crippen molar-refractivity contribution in [2.45, 2.75) is 27.2 Å². The van der Waals surface area contributed by atoms with E-state index in [9.17, 15) is 0 Å². The summed E-state index contributed by atoms with van der Waals surface area (Å²) in [4.78, 5) is 13.3. The molecular formula is C11H15N5S. The molecule has 0 bridgehead atoms. The van der Waals surface area contributed by atoms with Gasteiger partial charge < -0.3 is 5.43 Å². The highest BCUT2D eigenvalue weighted by molar-refractivity contribution is 7.13. The molecule has 0 saturated heterocycles. The number of nitrogens with two attached hydrogens (primary N) is 1. The molecule has 0 aliphatic heterocycles. The topological polar surface area (TPSA) is 76.7 Å². The molecule has 2 aromatic rings. The Hall–Kier alpha value is -1.53. The second-order valence-corrected chi connectivity index (χ2v) is 4.61. The molecule has 90 valence electrons. The van der Waals surface area contributed by atoms with Crippen LogP contribution < -0.4 is 11.3 Å². The number of hydrogen-bond acceptors (Lipinski definition) is 6. The van der Waals surface area contributed by atoms with Crippen LogP contribution in [0.2, 0.25) is 0 Å². The van der Waals surface area contributed by atoms with Crippen molar-refractivity contribution in [2.24, 2.45) is 5.84 Å². The van der Waals surface area contributed by atoms with Gasteiger partial charge in [-0.15, -0.1) is 11.3 Å². The van der Waals surface area contributed by atoms with Gasteiger partial charge >= 0.3 is 0 Å². The third-order valence-electron chi connectivity index (χ3n) is 2.51. The van der Waals surface area contributed by atoms with Crippen LogP contribution in [0.3, 0.4) is 0 Å². The van der Waals surface area contributed by atoms with Crippen molar-refractivity contribution < 1.29 is 0 Å². The minimum atomic E-state index is 0.630. The average Bonchev–Trinajstić information content (AvgIpc) is 2.74. The van der Waals surface area contributed by atoms with Crippen molar-refractivity contribution in [1.29, 1.82) is 0 Å². The molecule has 0 amide bonds. The zero-order valence-electron chi connectivity index (χ0n) is 10.1. The lowest BCUT2D eigenvalue weighted by molar-refractivity contribution is 0.992. The van der Waals surface area contributed by atoms with E-state index in [1.807, 2.05) is 19.2 Å². The third kappa shape index (κ3) is 2.27. The summed E-state index contributed by atoms with van der Waals surface area (Å²) in [6.45, 7) is 5.97.